The average molecular weight is 533 g/mol. The molecule has 3 heterocycles. The average Bonchev–Trinajstić information content (AvgIpc) is 2.94. The van der Waals surface area contributed by atoms with Crippen LogP contribution in [-0.4, -0.2) is 48.3 Å². The van der Waals surface area contributed by atoms with Crippen LogP contribution < -0.4 is 20.1 Å². The first-order valence-electron chi connectivity index (χ1n) is 12.9. The largest absolute Gasteiger partial charge is 0.437 e. The van der Waals surface area contributed by atoms with Crippen molar-refractivity contribution in [3.63, 3.8) is 0 Å². The number of rotatable bonds is 9. The highest BCUT2D eigenvalue weighted by atomic mass is 32.2. The molecule has 1 saturated heterocycles. The van der Waals surface area contributed by atoms with E-state index in [4.69, 9.17) is 9.72 Å². The van der Waals surface area contributed by atoms with Crippen molar-refractivity contribution < 1.29 is 13.2 Å². The normalized spacial score (nSPS) is 15.9. The molecule has 0 bridgehead atoms. The number of ether oxygens (including phenoxy) is 1. The monoisotopic (exact) mass is 532 g/mol. The first kappa shape index (κ1) is 26.0. The summed E-state index contributed by atoms with van der Waals surface area (Å²) in [6.45, 7) is 5.73. The Morgan fingerprint density at radius 2 is 1.95 bits per heavy atom. The lowest BCUT2D eigenvalue weighted by atomic mass is 10.0. The fraction of sp³-hybridized carbons (Fsp3) is 0.321. The molecule has 1 fully saturated rings. The van der Waals surface area contributed by atoms with Crippen molar-refractivity contribution in [1.29, 1.82) is 0 Å². The summed E-state index contributed by atoms with van der Waals surface area (Å²) in [5, 5.41) is 8.62. The summed E-state index contributed by atoms with van der Waals surface area (Å²) in [6.07, 6.45) is 5.63. The number of aromatic nitrogens is 3. The zero-order valence-corrected chi connectivity index (χ0v) is 22.4. The molecule has 1 aliphatic rings. The van der Waals surface area contributed by atoms with Crippen LogP contribution in [0.25, 0.3) is 22.0 Å². The summed E-state index contributed by atoms with van der Waals surface area (Å²) in [6, 6.07) is 15.7. The Balaban J connectivity index is 1.46. The molecule has 10 heteroatoms. The number of benzene rings is 2. The zero-order chi connectivity index (χ0) is 26.5. The van der Waals surface area contributed by atoms with E-state index in [0.29, 0.717) is 23.3 Å². The Bertz CT molecular complexity index is 1540. The maximum atomic E-state index is 12.0. The lowest BCUT2D eigenvalue weighted by Crippen LogP contribution is -2.38. The van der Waals surface area contributed by atoms with Gasteiger partial charge in [-0.05, 0) is 67.9 Å². The van der Waals surface area contributed by atoms with Crippen LogP contribution in [0.5, 0.6) is 11.6 Å². The van der Waals surface area contributed by atoms with Gasteiger partial charge in [-0.25, -0.2) is 28.1 Å². The SMILES string of the molecule is CCS(=O)(=O)NCc1cccc2c(Oc3ncccc3-c3ccnc(N[C@H]4CCCNC4)n3)c(C)ccc12. The number of sulfonamides is 1. The summed E-state index contributed by atoms with van der Waals surface area (Å²) < 4.78 is 33.2. The molecule has 1 atom stereocenters. The van der Waals surface area contributed by atoms with E-state index in [1.807, 2.05) is 55.5 Å². The molecule has 198 valence electrons. The summed E-state index contributed by atoms with van der Waals surface area (Å²) >= 11 is 0. The van der Waals surface area contributed by atoms with Crippen LogP contribution in [0, 0.1) is 6.92 Å². The van der Waals surface area contributed by atoms with Gasteiger partial charge in [0.05, 0.1) is 17.0 Å². The number of hydrogen-bond acceptors (Lipinski definition) is 8. The Kier molecular flexibility index (Phi) is 7.82. The fourth-order valence-electron chi connectivity index (χ4n) is 4.58. The molecule has 0 saturated carbocycles. The molecular formula is C28H32N6O3S. The number of pyridine rings is 1. The van der Waals surface area contributed by atoms with Gasteiger partial charge >= 0.3 is 0 Å². The van der Waals surface area contributed by atoms with E-state index in [1.54, 1.807) is 19.3 Å². The predicted octanol–water partition coefficient (Wildman–Crippen LogP) is 4.40. The molecule has 38 heavy (non-hydrogen) atoms. The number of aryl methyl sites for hydroxylation is 1. The Morgan fingerprint density at radius 3 is 2.76 bits per heavy atom. The third-order valence-electron chi connectivity index (χ3n) is 6.69. The summed E-state index contributed by atoms with van der Waals surface area (Å²) in [4.78, 5) is 13.7. The third kappa shape index (κ3) is 5.93. The van der Waals surface area contributed by atoms with Gasteiger partial charge in [0.25, 0.3) is 0 Å². The summed E-state index contributed by atoms with van der Waals surface area (Å²) in [5.41, 5.74) is 3.27. The molecule has 0 aliphatic carbocycles. The van der Waals surface area contributed by atoms with Gasteiger partial charge in [-0.15, -0.1) is 0 Å². The Hall–Kier alpha value is -3.60. The minimum absolute atomic E-state index is 0.0332. The molecule has 0 unspecified atom stereocenters. The maximum Gasteiger partial charge on any atom is 0.228 e. The van der Waals surface area contributed by atoms with Crippen LogP contribution in [0.3, 0.4) is 0 Å². The van der Waals surface area contributed by atoms with Crippen LogP contribution in [0.2, 0.25) is 0 Å². The molecular weight excluding hydrogens is 500 g/mol. The van der Waals surface area contributed by atoms with Crippen molar-refractivity contribution >= 4 is 26.7 Å². The lowest BCUT2D eigenvalue weighted by molar-refractivity contribution is 0.466. The van der Waals surface area contributed by atoms with Crippen LogP contribution in [0.1, 0.15) is 30.9 Å². The Labute approximate surface area is 223 Å². The molecule has 0 radical (unpaired) electrons. The molecule has 5 rings (SSSR count). The lowest BCUT2D eigenvalue weighted by Gasteiger charge is -2.23. The number of anilines is 1. The van der Waals surface area contributed by atoms with Gasteiger partial charge in [0.1, 0.15) is 5.75 Å². The topological polar surface area (TPSA) is 118 Å². The van der Waals surface area contributed by atoms with Crippen molar-refractivity contribution in [3.8, 4) is 22.9 Å². The summed E-state index contributed by atoms with van der Waals surface area (Å²) in [7, 11) is -3.31. The van der Waals surface area contributed by atoms with Crippen molar-refractivity contribution in [3.05, 3.63) is 72.1 Å². The van der Waals surface area contributed by atoms with Gasteiger partial charge in [0.2, 0.25) is 21.9 Å². The van der Waals surface area contributed by atoms with Crippen LogP contribution >= 0.6 is 0 Å². The van der Waals surface area contributed by atoms with Crippen molar-refractivity contribution in [2.24, 2.45) is 0 Å². The number of nitrogens with one attached hydrogen (secondary N) is 3. The van der Waals surface area contributed by atoms with E-state index < -0.39 is 10.0 Å². The standard InChI is InChI=1S/C28H32N6O3S/c1-3-38(35,36)32-17-20-7-4-9-23-22(20)12-11-19(2)26(23)37-27-24(10-6-15-30-27)25-13-16-31-28(34-25)33-21-8-5-14-29-18-21/h4,6-7,9-13,15-16,21,29,32H,3,5,8,14,17-18H2,1-2H3,(H,31,33,34)/t21-/m0/s1. The Morgan fingerprint density at radius 1 is 1.05 bits per heavy atom. The maximum absolute atomic E-state index is 12.0. The smallest absolute Gasteiger partial charge is 0.228 e. The van der Waals surface area contributed by atoms with E-state index in [0.717, 1.165) is 53.4 Å². The van der Waals surface area contributed by atoms with Gasteiger partial charge in [0.15, 0.2) is 0 Å². The predicted molar refractivity (Wildman–Crippen MR) is 150 cm³/mol. The van der Waals surface area contributed by atoms with Crippen molar-refractivity contribution in [2.75, 3.05) is 24.2 Å². The zero-order valence-electron chi connectivity index (χ0n) is 21.6. The van der Waals surface area contributed by atoms with Gasteiger partial charge < -0.3 is 15.4 Å². The highest BCUT2D eigenvalue weighted by Crippen LogP contribution is 2.37. The van der Waals surface area contributed by atoms with E-state index >= 15 is 0 Å². The molecule has 0 amide bonds. The highest BCUT2D eigenvalue weighted by molar-refractivity contribution is 7.89. The highest BCUT2D eigenvalue weighted by Gasteiger charge is 2.18. The quantitative estimate of drug-likeness (QED) is 0.290. The molecule has 2 aromatic heterocycles. The fourth-order valence-corrected chi connectivity index (χ4v) is 5.16. The van der Waals surface area contributed by atoms with Crippen molar-refractivity contribution in [1.82, 2.24) is 25.0 Å². The molecule has 3 N–H and O–H groups in total. The second kappa shape index (κ2) is 11.4. The van der Waals surface area contributed by atoms with Gasteiger partial charge in [-0.3, -0.25) is 0 Å². The van der Waals surface area contributed by atoms with Crippen molar-refractivity contribution in [2.45, 2.75) is 39.3 Å². The minimum Gasteiger partial charge on any atom is -0.437 e. The van der Waals surface area contributed by atoms with Gasteiger partial charge in [-0.2, -0.15) is 0 Å². The first-order valence-corrected chi connectivity index (χ1v) is 14.5. The first-order chi connectivity index (χ1) is 18.4. The van der Waals surface area contributed by atoms with E-state index in [2.05, 4.69) is 25.3 Å². The molecule has 9 nitrogen and oxygen atoms in total. The molecule has 2 aromatic carbocycles. The van der Waals surface area contributed by atoms with Crippen LogP contribution in [-0.2, 0) is 16.6 Å². The number of nitrogens with zero attached hydrogens (tertiary/aromatic N) is 3. The second-order valence-electron chi connectivity index (χ2n) is 9.36. The third-order valence-corrected chi connectivity index (χ3v) is 8.04. The summed E-state index contributed by atoms with van der Waals surface area (Å²) in [5.74, 6) is 1.71. The molecule has 4 aromatic rings. The number of hydrogen-bond donors (Lipinski definition) is 3. The van der Waals surface area contributed by atoms with Gasteiger partial charge in [-0.1, -0.05) is 30.3 Å². The molecule has 0 spiro atoms. The second-order valence-corrected chi connectivity index (χ2v) is 11.5. The van der Waals surface area contributed by atoms with Crippen LogP contribution in [0.15, 0.2) is 60.9 Å². The number of piperidine rings is 1. The van der Waals surface area contributed by atoms with E-state index in [9.17, 15) is 8.42 Å². The number of fused-ring (bicyclic) bond motifs is 1. The van der Waals surface area contributed by atoms with E-state index in [-0.39, 0.29) is 18.3 Å². The molecule has 1 aliphatic heterocycles. The minimum atomic E-state index is -3.31. The van der Waals surface area contributed by atoms with Crippen LogP contribution in [0.4, 0.5) is 5.95 Å². The van der Waals surface area contributed by atoms with Gasteiger partial charge in [0, 0.05) is 36.9 Å². The van der Waals surface area contributed by atoms with E-state index in [1.165, 1.54) is 0 Å².